The zero-order chi connectivity index (χ0) is 21.3. The number of para-hydroxylation sites is 1. The Balaban J connectivity index is 1.64. The van der Waals surface area contributed by atoms with Crippen molar-refractivity contribution in [2.75, 3.05) is 4.90 Å². The van der Waals surface area contributed by atoms with Crippen LogP contribution in [-0.4, -0.2) is 21.7 Å². The first-order chi connectivity index (χ1) is 14.4. The van der Waals surface area contributed by atoms with Crippen molar-refractivity contribution in [3.8, 4) is 0 Å². The summed E-state index contributed by atoms with van der Waals surface area (Å²) in [6.07, 6.45) is -0.452. The third-order valence-electron chi connectivity index (χ3n) is 5.24. The van der Waals surface area contributed by atoms with Gasteiger partial charge in [-0.2, -0.15) is 0 Å². The van der Waals surface area contributed by atoms with E-state index in [-0.39, 0.29) is 17.8 Å². The fourth-order valence-electron chi connectivity index (χ4n) is 3.70. The van der Waals surface area contributed by atoms with E-state index in [9.17, 15) is 24.8 Å². The number of carbonyl (C=O) groups excluding carboxylic acids is 2. The Labute approximate surface area is 172 Å². The Kier molecular flexibility index (Phi) is 4.89. The molecule has 0 bridgehead atoms. The third kappa shape index (κ3) is 3.35. The molecular weight excluding hydrogens is 384 g/mol. The summed E-state index contributed by atoms with van der Waals surface area (Å²) >= 11 is 0. The van der Waals surface area contributed by atoms with Gasteiger partial charge in [-0.1, -0.05) is 48.5 Å². The standard InChI is InChI=1S/C23H18N2O5/c26-21(17-10-12-18(13-11-17)25(29)30)14-23(28)19-8-4-5-9-20(19)24(22(23)27)15-16-6-2-1-3-7-16/h1-13,28H,14-15H2/t23-/m1/s1. The molecule has 0 saturated heterocycles. The minimum Gasteiger partial charge on any atom is -0.375 e. The van der Waals surface area contributed by atoms with Gasteiger partial charge < -0.3 is 10.0 Å². The van der Waals surface area contributed by atoms with Gasteiger partial charge in [-0.05, 0) is 23.8 Å². The number of rotatable bonds is 6. The summed E-state index contributed by atoms with van der Waals surface area (Å²) in [6, 6.07) is 21.4. The molecule has 0 aromatic heterocycles. The molecule has 0 saturated carbocycles. The van der Waals surface area contributed by atoms with Crippen LogP contribution in [0.15, 0.2) is 78.9 Å². The van der Waals surface area contributed by atoms with Crippen LogP contribution in [0.2, 0.25) is 0 Å². The Morgan fingerprint density at radius 2 is 1.60 bits per heavy atom. The van der Waals surface area contributed by atoms with Gasteiger partial charge in [-0.15, -0.1) is 0 Å². The predicted molar refractivity (Wildman–Crippen MR) is 110 cm³/mol. The normalized spacial score (nSPS) is 17.6. The van der Waals surface area contributed by atoms with Gasteiger partial charge in [0.2, 0.25) is 0 Å². The number of ketones is 1. The van der Waals surface area contributed by atoms with Crippen molar-refractivity contribution in [1.82, 2.24) is 0 Å². The summed E-state index contributed by atoms with van der Waals surface area (Å²) in [6.45, 7) is 0.269. The molecule has 3 aromatic carbocycles. The lowest BCUT2D eigenvalue weighted by atomic mass is 9.88. The Morgan fingerprint density at radius 3 is 2.27 bits per heavy atom. The SMILES string of the molecule is O=C(C[C@]1(O)C(=O)N(Cc2ccccc2)c2ccccc21)c1ccc([N+](=O)[O-])cc1. The number of nitrogens with zero attached hydrogens (tertiary/aromatic N) is 2. The van der Waals surface area contributed by atoms with Crippen LogP contribution in [0.25, 0.3) is 0 Å². The van der Waals surface area contributed by atoms with Crippen molar-refractivity contribution >= 4 is 23.1 Å². The van der Waals surface area contributed by atoms with Crippen LogP contribution in [0.1, 0.15) is 27.9 Å². The number of nitro benzene ring substituents is 1. The minimum atomic E-state index is -2.00. The van der Waals surface area contributed by atoms with Crippen molar-refractivity contribution in [1.29, 1.82) is 0 Å². The molecule has 7 heteroatoms. The predicted octanol–water partition coefficient (Wildman–Crippen LogP) is 3.60. The smallest absolute Gasteiger partial charge is 0.269 e. The highest BCUT2D eigenvalue weighted by molar-refractivity contribution is 6.10. The number of hydrogen-bond donors (Lipinski definition) is 1. The lowest BCUT2D eigenvalue weighted by molar-refractivity contribution is -0.384. The second kappa shape index (κ2) is 7.53. The zero-order valence-corrected chi connectivity index (χ0v) is 15.9. The molecule has 150 valence electrons. The molecule has 1 atom stereocenters. The highest BCUT2D eigenvalue weighted by Crippen LogP contribution is 2.43. The van der Waals surface area contributed by atoms with Gasteiger partial charge in [-0.3, -0.25) is 19.7 Å². The maximum atomic E-state index is 13.2. The van der Waals surface area contributed by atoms with Crippen LogP contribution in [0.3, 0.4) is 0 Å². The number of carbonyl (C=O) groups is 2. The van der Waals surface area contributed by atoms with E-state index in [1.54, 1.807) is 24.3 Å². The quantitative estimate of drug-likeness (QED) is 0.386. The molecule has 7 nitrogen and oxygen atoms in total. The number of anilines is 1. The number of non-ortho nitro benzene ring substituents is 1. The Morgan fingerprint density at radius 1 is 0.967 bits per heavy atom. The summed E-state index contributed by atoms with van der Waals surface area (Å²) in [4.78, 5) is 37.8. The molecule has 30 heavy (non-hydrogen) atoms. The largest absolute Gasteiger partial charge is 0.375 e. The third-order valence-corrected chi connectivity index (χ3v) is 5.24. The second-order valence-corrected chi connectivity index (χ2v) is 7.16. The van der Waals surface area contributed by atoms with Crippen molar-refractivity contribution < 1.29 is 19.6 Å². The fourth-order valence-corrected chi connectivity index (χ4v) is 3.70. The number of hydrogen-bond acceptors (Lipinski definition) is 5. The highest BCUT2D eigenvalue weighted by atomic mass is 16.6. The number of amides is 1. The maximum absolute atomic E-state index is 13.2. The molecule has 0 aliphatic carbocycles. The molecule has 4 rings (SSSR count). The van der Waals surface area contributed by atoms with Crippen molar-refractivity contribution in [2.24, 2.45) is 0 Å². The molecular formula is C23H18N2O5. The fraction of sp³-hybridized carbons (Fsp3) is 0.130. The van der Waals surface area contributed by atoms with Crippen LogP contribution < -0.4 is 4.90 Å². The van der Waals surface area contributed by atoms with E-state index in [2.05, 4.69) is 0 Å². The summed E-state index contributed by atoms with van der Waals surface area (Å²) in [5.74, 6) is -1.04. The lowest BCUT2D eigenvalue weighted by Crippen LogP contribution is -2.41. The van der Waals surface area contributed by atoms with Crippen LogP contribution in [-0.2, 0) is 16.9 Å². The van der Waals surface area contributed by atoms with Gasteiger partial charge in [-0.25, -0.2) is 0 Å². The number of fused-ring (bicyclic) bond motifs is 1. The summed E-state index contributed by atoms with van der Waals surface area (Å²) in [5, 5.41) is 22.1. The van der Waals surface area contributed by atoms with E-state index in [1.165, 1.54) is 29.2 Å². The van der Waals surface area contributed by atoms with Crippen LogP contribution >= 0.6 is 0 Å². The number of aliphatic hydroxyl groups is 1. The molecule has 0 radical (unpaired) electrons. The molecule has 0 spiro atoms. The van der Waals surface area contributed by atoms with E-state index in [0.717, 1.165) is 5.56 Å². The van der Waals surface area contributed by atoms with E-state index >= 15 is 0 Å². The molecule has 1 aliphatic rings. The highest BCUT2D eigenvalue weighted by Gasteiger charge is 2.50. The van der Waals surface area contributed by atoms with Gasteiger partial charge in [0.1, 0.15) is 0 Å². The van der Waals surface area contributed by atoms with Gasteiger partial charge in [0, 0.05) is 23.3 Å². The maximum Gasteiger partial charge on any atom is 0.269 e. The Hall–Kier alpha value is -3.84. The molecule has 1 aliphatic heterocycles. The monoisotopic (exact) mass is 402 g/mol. The van der Waals surface area contributed by atoms with Gasteiger partial charge in [0.05, 0.1) is 23.6 Å². The summed E-state index contributed by atoms with van der Waals surface area (Å²) in [7, 11) is 0. The zero-order valence-electron chi connectivity index (χ0n) is 15.9. The van der Waals surface area contributed by atoms with E-state index in [4.69, 9.17) is 0 Å². The molecule has 3 aromatic rings. The first-order valence-corrected chi connectivity index (χ1v) is 9.35. The van der Waals surface area contributed by atoms with Crippen LogP contribution in [0.5, 0.6) is 0 Å². The Bertz CT molecular complexity index is 1130. The van der Waals surface area contributed by atoms with Crippen LogP contribution in [0, 0.1) is 10.1 Å². The molecule has 0 unspecified atom stereocenters. The first kappa shape index (κ1) is 19.5. The van der Waals surface area contributed by atoms with Crippen molar-refractivity contribution in [2.45, 2.75) is 18.6 Å². The number of Topliss-reactive ketones (excluding diaryl/α,β-unsaturated/α-hetero) is 1. The second-order valence-electron chi connectivity index (χ2n) is 7.16. The van der Waals surface area contributed by atoms with E-state index < -0.39 is 28.6 Å². The average Bonchev–Trinajstić information content (AvgIpc) is 2.96. The topological polar surface area (TPSA) is 101 Å². The van der Waals surface area contributed by atoms with Crippen molar-refractivity contribution in [3.63, 3.8) is 0 Å². The number of benzene rings is 3. The van der Waals surface area contributed by atoms with Gasteiger partial charge in [0.15, 0.2) is 11.4 Å². The van der Waals surface area contributed by atoms with E-state index in [1.807, 2.05) is 30.3 Å². The van der Waals surface area contributed by atoms with Crippen molar-refractivity contribution in [3.05, 3.63) is 106 Å². The van der Waals surface area contributed by atoms with E-state index in [0.29, 0.717) is 11.3 Å². The minimum absolute atomic E-state index is 0.137. The lowest BCUT2D eigenvalue weighted by Gasteiger charge is -2.23. The molecule has 1 N–H and O–H groups in total. The summed E-state index contributed by atoms with van der Waals surface area (Å²) < 4.78 is 0. The number of nitro groups is 1. The summed E-state index contributed by atoms with van der Waals surface area (Å²) in [5.41, 5.74) is -0.106. The van der Waals surface area contributed by atoms with Gasteiger partial charge >= 0.3 is 0 Å². The van der Waals surface area contributed by atoms with Gasteiger partial charge in [0.25, 0.3) is 11.6 Å². The first-order valence-electron chi connectivity index (χ1n) is 9.35. The molecule has 1 heterocycles. The molecule has 1 amide bonds. The molecule has 0 fully saturated rings. The average molecular weight is 402 g/mol. The van der Waals surface area contributed by atoms with Crippen LogP contribution in [0.4, 0.5) is 11.4 Å².